The summed E-state index contributed by atoms with van der Waals surface area (Å²) < 4.78 is 62.7. The molecule has 2 rings (SSSR count). The Morgan fingerprint density at radius 3 is 2.22 bits per heavy atom. The van der Waals surface area contributed by atoms with Crippen LogP contribution in [0.2, 0.25) is 0 Å². The van der Waals surface area contributed by atoms with Gasteiger partial charge in [-0.3, -0.25) is 10.2 Å². The van der Waals surface area contributed by atoms with E-state index >= 15 is 0 Å². The molecule has 0 atom stereocenters. The van der Waals surface area contributed by atoms with Crippen LogP contribution in [0.5, 0.6) is 0 Å². The van der Waals surface area contributed by atoms with Crippen molar-refractivity contribution in [2.45, 2.75) is 11.1 Å². The number of hydrazine groups is 1. The number of rotatable bonds is 4. The van der Waals surface area contributed by atoms with Gasteiger partial charge in [-0.05, 0) is 36.4 Å². The van der Waals surface area contributed by atoms with Crippen molar-refractivity contribution >= 4 is 15.9 Å². The molecule has 0 radical (unpaired) electrons. The Morgan fingerprint density at radius 2 is 1.74 bits per heavy atom. The van der Waals surface area contributed by atoms with Gasteiger partial charge < -0.3 is 4.57 Å². The monoisotopic (exact) mass is 347 g/mol. The van der Waals surface area contributed by atoms with E-state index in [4.69, 9.17) is 0 Å². The summed E-state index contributed by atoms with van der Waals surface area (Å²) in [6, 6.07) is 5.97. The number of hydrogen-bond donors (Lipinski definition) is 2. The lowest BCUT2D eigenvalue weighted by molar-refractivity contribution is -0.137. The molecule has 1 aromatic carbocycles. The Bertz CT molecular complexity index is 811. The van der Waals surface area contributed by atoms with Gasteiger partial charge in [-0.25, -0.2) is 8.42 Å². The second-order valence-electron chi connectivity index (χ2n) is 4.59. The van der Waals surface area contributed by atoms with Gasteiger partial charge in [-0.2, -0.15) is 13.2 Å². The first-order valence-corrected chi connectivity index (χ1v) is 7.70. The van der Waals surface area contributed by atoms with Crippen LogP contribution >= 0.6 is 0 Å². The van der Waals surface area contributed by atoms with E-state index in [1.807, 2.05) is 10.3 Å². The van der Waals surface area contributed by atoms with Crippen LogP contribution in [0.3, 0.4) is 0 Å². The number of nitrogens with one attached hydrogen (secondary N) is 2. The van der Waals surface area contributed by atoms with Crippen LogP contribution in [0.1, 0.15) is 16.1 Å². The summed E-state index contributed by atoms with van der Waals surface area (Å²) in [5.41, 5.74) is 1.23. The fourth-order valence-corrected chi connectivity index (χ4v) is 2.60. The van der Waals surface area contributed by atoms with E-state index in [-0.39, 0.29) is 5.69 Å². The highest BCUT2D eigenvalue weighted by Crippen LogP contribution is 2.29. The average Bonchev–Trinajstić information content (AvgIpc) is 2.90. The number of halogens is 3. The molecular formula is C13H12F3N3O3S. The fourth-order valence-electron chi connectivity index (χ4n) is 1.76. The standard InChI is InChI=1S/C13H12F3N3O3S/c1-19-8-2-3-11(19)12(20)17-18-23(21,22)10-6-4-9(5-7-10)13(14,15)16/h2-8,18H,1H3,(H,17,20). The number of benzene rings is 1. The number of amides is 1. The summed E-state index contributed by atoms with van der Waals surface area (Å²) in [5, 5.41) is 0. The molecule has 1 aromatic heterocycles. The van der Waals surface area contributed by atoms with Gasteiger partial charge in [-0.15, -0.1) is 4.83 Å². The predicted octanol–water partition coefficient (Wildman–Crippen LogP) is 1.67. The zero-order valence-corrected chi connectivity index (χ0v) is 12.6. The van der Waals surface area contributed by atoms with Gasteiger partial charge in [0.2, 0.25) is 0 Å². The molecule has 0 aliphatic carbocycles. The molecule has 124 valence electrons. The normalized spacial score (nSPS) is 12.2. The van der Waals surface area contributed by atoms with E-state index in [9.17, 15) is 26.4 Å². The lowest BCUT2D eigenvalue weighted by Gasteiger charge is -2.10. The predicted molar refractivity (Wildman–Crippen MR) is 74.6 cm³/mol. The molecule has 1 amide bonds. The van der Waals surface area contributed by atoms with Crippen molar-refractivity contribution in [1.82, 2.24) is 14.8 Å². The van der Waals surface area contributed by atoms with Crippen LogP contribution in [0.4, 0.5) is 13.2 Å². The van der Waals surface area contributed by atoms with Crippen LogP contribution < -0.4 is 10.3 Å². The summed E-state index contributed by atoms with van der Waals surface area (Å²) in [7, 11) is -2.58. The number of carbonyl (C=O) groups is 1. The van der Waals surface area contributed by atoms with Crippen molar-refractivity contribution in [3.05, 3.63) is 53.9 Å². The minimum absolute atomic E-state index is 0.208. The first kappa shape index (κ1) is 17.0. The fraction of sp³-hybridized carbons (Fsp3) is 0.154. The first-order valence-electron chi connectivity index (χ1n) is 6.22. The smallest absolute Gasteiger partial charge is 0.347 e. The molecule has 1 heterocycles. The molecule has 0 aliphatic heterocycles. The van der Waals surface area contributed by atoms with Crippen LogP contribution in [0.15, 0.2) is 47.5 Å². The Morgan fingerprint density at radius 1 is 1.13 bits per heavy atom. The highest BCUT2D eigenvalue weighted by atomic mass is 32.2. The van der Waals surface area contributed by atoms with E-state index in [1.165, 1.54) is 10.6 Å². The Hall–Kier alpha value is -2.33. The third-order valence-corrected chi connectivity index (χ3v) is 4.23. The minimum atomic E-state index is -4.56. The van der Waals surface area contributed by atoms with E-state index in [0.29, 0.717) is 12.1 Å². The molecule has 6 nitrogen and oxygen atoms in total. The SMILES string of the molecule is Cn1cccc1C(=O)NNS(=O)(=O)c1ccc(C(F)(F)F)cc1. The number of carbonyl (C=O) groups excluding carboxylic acids is 1. The van der Waals surface area contributed by atoms with Crippen molar-refractivity contribution in [1.29, 1.82) is 0 Å². The van der Waals surface area contributed by atoms with E-state index in [1.54, 1.807) is 19.3 Å². The Kier molecular flexibility index (Phi) is 4.48. The van der Waals surface area contributed by atoms with Gasteiger partial charge in [0.05, 0.1) is 10.5 Å². The largest absolute Gasteiger partial charge is 0.416 e. The molecule has 0 fully saturated rings. The van der Waals surface area contributed by atoms with Crippen molar-refractivity contribution in [2.24, 2.45) is 7.05 Å². The lowest BCUT2D eigenvalue weighted by atomic mass is 10.2. The van der Waals surface area contributed by atoms with Gasteiger partial charge in [0, 0.05) is 13.2 Å². The van der Waals surface area contributed by atoms with Crippen LogP contribution in [0, 0.1) is 0 Å². The highest BCUT2D eigenvalue weighted by Gasteiger charge is 2.30. The number of nitrogens with zero attached hydrogens (tertiary/aromatic N) is 1. The highest BCUT2D eigenvalue weighted by molar-refractivity contribution is 7.89. The second kappa shape index (κ2) is 6.05. The molecule has 0 aliphatic rings. The van der Waals surface area contributed by atoms with Gasteiger partial charge in [0.15, 0.2) is 0 Å². The van der Waals surface area contributed by atoms with Crippen molar-refractivity contribution in [3.8, 4) is 0 Å². The quantitative estimate of drug-likeness (QED) is 0.826. The summed E-state index contributed by atoms with van der Waals surface area (Å²) in [4.78, 5) is 13.2. The number of hydrogen-bond acceptors (Lipinski definition) is 3. The zero-order valence-electron chi connectivity index (χ0n) is 11.8. The molecular weight excluding hydrogens is 335 g/mol. The molecule has 23 heavy (non-hydrogen) atoms. The molecule has 0 saturated carbocycles. The van der Waals surface area contributed by atoms with Gasteiger partial charge in [-0.1, -0.05) is 0 Å². The minimum Gasteiger partial charge on any atom is -0.347 e. The summed E-state index contributed by atoms with van der Waals surface area (Å²) in [5.74, 6) is -0.701. The van der Waals surface area contributed by atoms with Crippen LogP contribution in [-0.2, 0) is 23.2 Å². The van der Waals surface area contributed by atoms with Gasteiger partial charge in [0.25, 0.3) is 15.9 Å². The van der Waals surface area contributed by atoms with Gasteiger partial charge >= 0.3 is 6.18 Å². The third-order valence-electron chi connectivity index (χ3n) is 2.97. The third kappa shape index (κ3) is 3.90. The summed E-state index contributed by atoms with van der Waals surface area (Å²) in [6.45, 7) is 0. The number of aromatic nitrogens is 1. The molecule has 2 aromatic rings. The van der Waals surface area contributed by atoms with Crippen molar-refractivity contribution < 1.29 is 26.4 Å². The molecule has 2 N–H and O–H groups in total. The van der Waals surface area contributed by atoms with E-state index in [0.717, 1.165) is 12.1 Å². The second-order valence-corrected chi connectivity index (χ2v) is 6.27. The molecule has 0 saturated heterocycles. The topological polar surface area (TPSA) is 80.2 Å². The van der Waals surface area contributed by atoms with E-state index < -0.39 is 32.6 Å². The Labute approximate surface area is 129 Å². The van der Waals surface area contributed by atoms with Crippen LogP contribution in [0.25, 0.3) is 0 Å². The maximum atomic E-state index is 12.4. The van der Waals surface area contributed by atoms with Crippen molar-refractivity contribution in [2.75, 3.05) is 0 Å². The first-order chi connectivity index (χ1) is 10.6. The number of sulfonamides is 1. The van der Waals surface area contributed by atoms with Crippen LogP contribution in [-0.4, -0.2) is 18.9 Å². The van der Waals surface area contributed by atoms with E-state index in [2.05, 4.69) is 0 Å². The maximum Gasteiger partial charge on any atom is 0.416 e. The molecule has 0 spiro atoms. The average molecular weight is 347 g/mol. The number of aryl methyl sites for hydroxylation is 1. The molecule has 0 unspecified atom stereocenters. The summed E-state index contributed by atoms with van der Waals surface area (Å²) >= 11 is 0. The molecule has 10 heteroatoms. The Balaban J connectivity index is 2.10. The zero-order chi connectivity index (χ0) is 17.3. The van der Waals surface area contributed by atoms with Gasteiger partial charge in [0.1, 0.15) is 5.69 Å². The maximum absolute atomic E-state index is 12.4. The lowest BCUT2D eigenvalue weighted by Crippen LogP contribution is -2.42. The van der Waals surface area contributed by atoms with Crippen molar-refractivity contribution in [3.63, 3.8) is 0 Å². The molecule has 0 bridgehead atoms. The summed E-state index contributed by atoms with van der Waals surface area (Å²) in [6.07, 6.45) is -2.96. The number of alkyl halides is 3.